The van der Waals surface area contributed by atoms with Gasteiger partial charge < -0.3 is 34.5 Å². The molecule has 46 heavy (non-hydrogen) atoms. The van der Waals surface area contributed by atoms with Crippen molar-refractivity contribution in [3.05, 3.63) is 109 Å². The van der Waals surface area contributed by atoms with E-state index in [4.69, 9.17) is 68.1 Å². The molecule has 0 radical (unpaired) electrons. The number of hydrogen-bond acceptors (Lipinski definition) is 11. The van der Waals surface area contributed by atoms with Gasteiger partial charge in [0, 0.05) is 41.3 Å². The Morgan fingerprint density at radius 2 is 1.80 bits per heavy atom. The summed E-state index contributed by atoms with van der Waals surface area (Å²) in [5.74, 6) is 0.762. The van der Waals surface area contributed by atoms with Crippen LogP contribution in [0.15, 0.2) is 73.4 Å². The van der Waals surface area contributed by atoms with E-state index in [1.54, 1.807) is 30.9 Å². The van der Waals surface area contributed by atoms with E-state index >= 15 is 0 Å². The average Bonchev–Trinajstić information content (AvgIpc) is 3.65. The number of ether oxygens (including phenoxy) is 3. The Morgan fingerprint density at radius 1 is 1.11 bits per heavy atom. The standard InChI is InChI=1S/C28H29Cl2N5O3.2HNO3/c1-19(2)14-33-27-32-10-9-26(34-27)20-3-6-22(7-4-20)36-15-23-16-37-28(38-23,17-35-12-11-31-18-35)24-8-5-21(29)13-25(24)30;2*2-1(3)4/h3-13,18-19,23H,14-17H2,1-2H3,(H,32,33,34);2*(H,2,3,4). The molecule has 1 aliphatic rings. The zero-order valence-electron chi connectivity index (χ0n) is 24.6. The van der Waals surface area contributed by atoms with E-state index in [0.717, 1.165) is 23.6 Å². The van der Waals surface area contributed by atoms with Gasteiger partial charge in [-0.3, -0.25) is 0 Å². The van der Waals surface area contributed by atoms with Gasteiger partial charge in [0.15, 0.2) is 0 Å². The van der Waals surface area contributed by atoms with Crippen molar-refractivity contribution in [2.24, 2.45) is 5.92 Å². The lowest BCUT2D eigenvalue weighted by molar-refractivity contribution is -0.742. The van der Waals surface area contributed by atoms with Crippen LogP contribution in [0.3, 0.4) is 0 Å². The first-order valence-electron chi connectivity index (χ1n) is 13.6. The molecule has 3 N–H and O–H groups in total. The second-order valence-electron chi connectivity index (χ2n) is 10.0. The maximum absolute atomic E-state index is 8.36. The fraction of sp³-hybridized carbons (Fsp3) is 0.321. The van der Waals surface area contributed by atoms with E-state index in [0.29, 0.717) is 47.2 Å². The molecule has 1 aliphatic heterocycles. The number of aromatic nitrogens is 4. The van der Waals surface area contributed by atoms with Crippen LogP contribution >= 0.6 is 23.2 Å². The van der Waals surface area contributed by atoms with Crippen molar-refractivity contribution in [1.29, 1.82) is 0 Å². The van der Waals surface area contributed by atoms with Crippen LogP contribution in [0, 0.1) is 26.1 Å². The van der Waals surface area contributed by atoms with Gasteiger partial charge in [0.05, 0.1) is 30.2 Å². The molecule has 5 rings (SSSR count). The molecule has 1 fully saturated rings. The number of halogens is 2. The maximum atomic E-state index is 8.36. The Bertz CT molecular complexity index is 1540. The number of hydrogen-bond donors (Lipinski definition) is 3. The topological polar surface area (TPSA) is 210 Å². The highest BCUT2D eigenvalue weighted by molar-refractivity contribution is 6.35. The Labute approximate surface area is 272 Å². The Kier molecular flexibility index (Phi) is 13.2. The van der Waals surface area contributed by atoms with Gasteiger partial charge in [0.2, 0.25) is 11.7 Å². The molecular weight excluding hydrogens is 649 g/mol. The minimum absolute atomic E-state index is 0.304. The molecule has 1 saturated heterocycles. The van der Waals surface area contributed by atoms with Gasteiger partial charge in [-0.1, -0.05) is 43.1 Å². The largest absolute Gasteiger partial charge is 0.491 e. The third kappa shape index (κ3) is 11.3. The molecule has 2 aromatic carbocycles. The van der Waals surface area contributed by atoms with Crippen molar-refractivity contribution in [2.45, 2.75) is 32.3 Å². The molecule has 3 heterocycles. The lowest BCUT2D eigenvalue weighted by atomic mass is 10.1. The first-order valence-corrected chi connectivity index (χ1v) is 14.3. The third-order valence-corrected chi connectivity index (χ3v) is 6.61. The summed E-state index contributed by atoms with van der Waals surface area (Å²) in [6.45, 7) is 6.14. The summed E-state index contributed by atoms with van der Waals surface area (Å²) in [5.41, 5.74) is 2.52. The minimum atomic E-state index is -1.50. The predicted molar refractivity (Wildman–Crippen MR) is 165 cm³/mol. The second kappa shape index (κ2) is 17.1. The van der Waals surface area contributed by atoms with E-state index in [-0.39, 0.29) is 6.10 Å². The minimum Gasteiger partial charge on any atom is -0.491 e. The van der Waals surface area contributed by atoms with E-state index in [9.17, 15) is 0 Å². The summed E-state index contributed by atoms with van der Waals surface area (Å²) in [4.78, 5) is 29.8. The average molecular weight is 681 g/mol. The van der Waals surface area contributed by atoms with Gasteiger partial charge in [-0.25, -0.2) is 15.0 Å². The molecule has 0 bridgehead atoms. The predicted octanol–water partition coefficient (Wildman–Crippen LogP) is 5.37. The van der Waals surface area contributed by atoms with Crippen LogP contribution in [0.4, 0.5) is 5.95 Å². The smallest absolute Gasteiger partial charge is 0.291 e. The van der Waals surface area contributed by atoms with Crippen molar-refractivity contribution in [3.63, 3.8) is 0 Å². The highest BCUT2D eigenvalue weighted by atomic mass is 35.5. The van der Waals surface area contributed by atoms with Crippen molar-refractivity contribution in [1.82, 2.24) is 19.5 Å². The molecule has 0 aliphatic carbocycles. The highest BCUT2D eigenvalue weighted by Crippen LogP contribution is 2.40. The van der Waals surface area contributed by atoms with Crippen LogP contribution in [0.25, 0.3) is 11.3 Å². The molecule has 0 saturated carbocycles. The molecule has 0 spiro atoms. The van der Waals surface area contributed by atoms with Gasteiger partial charge in [-0.2, -0.15) is 0 Å². The van der Waals surface area contributed by atoms with E-state index in [2.05, 4.69) is 34.1 Å². The SMILES string of the molecule is CC(C)CNc1nccc(-c2ccc(OCC3COC(Cn4ccnc4)(c4ccc(Cl)cc4Cl)O3)cc2)n1.O=[N+]([O-])O.O=[N+]([O-])O. The van der Waals surface area contributed by atoms with E-state index in [1.807, 2.05) is 47.2 Å². The zero-order valence-corrected chi connectivity index (χ0v) is 26.1. The fourth-order valence-corrected chi connectivity index (χ4v) is 4.74. The van der Waals surface area contributed by atoms with Gasteiger partial charge in [-0.15, -0.1) is 20.2 Å². The first kappa shape index (κ1) is 35.7. The Balaban J connectivity index is 0.000000647. The number of rotatable bonds is 10. The maximum Gasteiger partial charge on any atom is 0.291 e. The molecule has 2 aromatic heterocycles. The van der Waals surface area contributed by atoms with Gasteiger partial charge in [-0.05, 0) is 48.4 Å². The monoisotopic (exact) mass is 679 g/mol. The molecule has 2 unspecified atom stereocenters. The highest BCUT2D eigenvalue weighted by Gasteiger charge is 2.45. The van der Waals surface area contributed by atoms with Crippen molar-refractivity contribution < 1.29 is 34.8 Å². The molecule has 0 amide bonds. The molecule has 4 aromatic rings. The summed E-state index contributed by atoms with van der Waals surface area (Å²) >= 11 is 12.7. The van der Waals surface area contributed by atoms with E-state index < -0.39 is 16.0 Å². The summed E-state index contributed by atoms with van der Waals surface area (Å²) in [6.07, 6.45) is 6.73. The van der Waals surface area contributed by atoms with Crippen molar-refractivity contribution in [2.75, 3.05) is 25.1 Å². The first-order chi connectivity index (χ1) is 21.9. The van der Waals surface area contributed by atoms with Crippen LogP contribution in [0.2, 0.25) is 10.0 Å². The van der Waals surface area contributed by atoms with Gasteiger partial charge in [0.1, 0.15) is 18.5 Å². The normalized spacial score (nSPS) is 16.8. The van der Waals surface area contributed by atoms with Crippen LogP contribution < -0.4 is 10.1 Å². The van der Waals surface area contributed by atoms with E-state index in [1.165, 1.54) is 0 Å². The van der Waals surface area contributed by atoms with Crippen molar-refractivity contribution in [3.8, 4) is 17.0 Å². The lowest BCUT2D eigenvalue weighted by Gasteiger charge is -2.30. The Morgan fingerprint density at radius 3 is 2.41 bits per heavy atom. The quantitative estimate of drug-likeness (QED) is 0.142. The second-order valence-corrected chi connectivity index (χ2v) is 10.9. The van der Waals surface area contributed by atoms with Crippen LogP contribution in [-0.4, -0.2) is 66.0 Å². The molecule has 18 heteroatoms. The molecular formula is C28H31Cl2N7O9. The number of anilines is 1. The molecule has 246 valence electrons. The number of nitrogens with one attached hydrogen (secondary N) is 1. The molecule has 2 atom stereocenters. The summed E-state index contributed by atoms with van der Waals surface area (Å²) in [7, 11) is 0. The van der Waals surface area contributed by atoms with Crippen LogP contribution in [0.5, 0.6) is 5.75 Å². The van der Waals surface area contributed by atoms with Crippen LogP contribution in [0.1, 0.15) is 19.4 Å². The van der Waals surface area contributed by atoms with Crippen LogP contribution in [-0.2, 0) is 21.8 Å². The summed E-state index contributed by atoms with van der Waals surface area (Å²) in [6, 6.07) is 15.0. The number of imidazole rings is 1. The summed E-state index contributed by atoms with van der Waals surface area (Å²) in [5, 5.41) is 31.6. The third-order valence-electron chi connectivity index (χ3n) is 6.06. The molecule has 16 nitrogen and oxygen atoms in total. The summed E-state index contributed by atoms with van der Waals surface area (Å²) < 4.78 is 20.6. The lowest BCUT2D eigenvalue weighted by Crippen LogP contribution is -2.34. The van der Waals surface area contributed by atoms with Gasteiger partial charge >= 0.3 is 0 Å². The zero-order chi connectivity index (χ0) is 33.7. The Hall–Kier alpha value is -4.77. The fourth-order valence-electron chi connectivity index (χ4n) is 4.19. The van der Waals surface area contributed by atoms with Gasteiger partial charge in [0.25, 0.3) is 10.2 Å². The number of benzene rings is 2. The number of nitrogens with zero attached hydrogens (tertiary/aromatic N) is 6. The van der Waals surface area contributed by atoms with Crippen molar-refractivity contribution >= 4 is 29.2 Å².